The number of benzene rings is 4. The Morgan fingerprint density at radius 3 is 1.24 bits per heavy atom. The van der Waals surface area contributed by atoms with E-state index in [1.807, 2.05) is 0 Å². The van der Waals surface area contributed by atoms with Crippen LogP contribution < -0.4 is 0 Å². The van der Waals surface area contributed by atoms with E-state index < -0.39 is 24.0 Å². The molecule has 2 atom stereocenters. The summed E-state index contributed by atoms with van der Waals surface area (Å²) < 4.78 is 0. The maximum absolute atomic E-state index is 11.5. The molecule has 0 saturated carbocycles. The van der Waals surface area contributed by atoms with Gasteiger partial charge < -0.3 is 20.4 Å². The van der Waals surface area contributed by atoms with E-state index in [2.05, 4.69) is 0 Å². The average molecular weight is 646 g/mol. The lowest BCUT2D eigenvalue weighted by Gasteiger charge is -2.22. The minimum atomic E-state index is -1.12. The van der Waals surface area contributed by atoms with E-state index in [1.165, 1.54) is 61.0 Å². The number of hydrogen-bond acceptors (Lipinski definition) is 6. The van der Waals surface area contributed by atoms with Crippen molar-refractivity contribution in [2.24, 2.45) is 9.98 Å². The summed E-state index contributed by atoms with van der Waals surface area (Å²) in [4.78, 5) is 32.3. The molecule has 0 amide bonds. The van der Waals surface area contributed by atoms with Crippen LogP contribution in [0, 0.1) is 0 Å². The number of aromatic carboxylic acids is 2. The maximum Gasteiger partial charge on any atom is 0.335 e. The SMILES string of the molecule is O=C(O)c1ccc([C@H](N=Cc2cc(Cl)cc(Cl)c2O)[C@@H](N=Cc2cc(Cl)cc(Cl)c2O)c2ccc(C(=O)O)cc2)cc1. The highest BCUT2D eigenvalue weighted by molar-refractivity contribution is 6.36. The maximum atomic E-state index is 11.5. The van der Waals surface area contributed by atoms with Crippen molar-refractivity contribution in [3.05, 3.63) is 126 Å². The Morgan fingerprint density at radius 1 is 0.595 bits per heavy atom. The van der Waals surface area contributed by atoms with E-state index in [4.69, 9.17) is 56.4 Å². The van der Waals surface area contributed by atoms with Gasteiger partial charge in [-0.25, -0.2) is 9.59 Å². The van der Waals surface area contributed by atoms with Crippen LogP contribution in [0.3, 0.4) is 0 Å². The Kier molecular flexibility index (Phi) is 9.75. The Balaban J connectivity index is 1.91. The summed E-state index contributed by atoms with van der Waals surface area (Å²) in [5.74, 6) is -2.75. The summed E-state index contributed by atoms with van der Waals surface area (Å²) in [6.07, 6.45) is 2.70. The van der Waals surface area contributed by atoms with Gasteiger partial charge in [-0.1, -0.05) is 70.7 Å². The summed E-state index contributed by atoms with van der Waals surface area (Å²) in [6, 6.07) is 15.8. The summed E-state index contributed by atoms with van der Waals surface area (Å²) in [6.45, 7) is 0. The van der Waals surface area contributed by atoms with Crippen molar-refractivity contribution in [2.45, 2.75) is 12.1 Å². The number of phenolic OH excluding ortho intramolecular Hbond substituents is 2. The zero-order valence-electron chi connectivity index (χ0n) is 21.2. The van der Waals surface area contributed by atoms with Gasteiger partial charge in [0, 0.05) is 33.6 Å². The summed E-state index contributed by atoms with van der Waals surface area (Å²) in [5.41, 5.74) is 1.57. The molecule has 0 aromatic heterocycles. The van der Waals surface area contributed by atoms with Crippen LogP contribution in [0.15, 0.2) is 82.8 Å². The molecule has 4 aromatic rings. The minimum Gasteiger partial charge on any atom is -0.506 e. The van der Waals surface area contributed by atoms with Gasteiger partial charge in [-0.2, -0.15) is 0 Å². The Bertz CT molecular complexity index is 1580. The number of aliphatic imine (C=N–C) groups is 2. The highest BCUT2D eigenvalue weighted by Gasteiger charge is 2.25. The summed E-state index contributed by atoms with van der Waals surface area (Å²) in [7, 11) is 0. The van der Waals surface area contributed by atoms with Crippen molar-refractivity contribution < 1.29 is 30.0 Å². The van der Waals surface area contributed by atoms with Gasteiger partial charge in [0.1, 0.15) is 23.6 Å². The number of halogens is 4. The normalized spacial score (nSPS) is 13.0. The van der Waals surface area contributed by atoms with Gasteiger partial charge in [0.25, 0.3) is 0 Å². The van der Waals surface area contributed by atoms with Crippen LogP contribution in [0.2, 0.25) is 20.1 Å². The monoisotopic (exact) mass is 644 g/mol. The van der Waals surface area contributed by atoms with Crippen molar-refractivity contribution in [3.63, 3.8) is 0 Å². The molecule has 0 fully saturated rings. The van der Waals surface area contributed by atoms with Crippen LogP contribution in [-0.4, -0.2) is 44.8 Å². The number of carboxylic acid groups (broad SMARTS) is 2. The molecule has 0 unspecified atom stereocenters. The first kappa shape index (κ1) is 30.9. The molecule has 0 spiro atoms. The number of carbonyl (C=O) groups is 2. The van der Waals surface area contributed by atoms with Gasteiger partial charge in [0.05, 0.1) is 21.2 Å². The molecule has 0 radical (unpaired) electrons. The van der Waals surface area contributed by atoms with Crippen LogP contribution in [0.4, 0.5) is 0 Å². The minimum absolute atomic E-state index is 0.0125. The van der Waals surface area contributed by atoms with E-state index in [-0.39, 0.29) is 53.8 Å². The van der Waals surface area contributed by atoms with Gasteiger partial charge in [0.15, 0.2) is 0 Å². The Labute approximate surface area is 259 Å². The fourth-order valence-corrected chi connectivity index (χ4v) is 5.05. The molecule has 0 bridgehead atoms. The first-order valence-corrected chi connectivity index (χ1v) is 13.5. The average Bonchev–Trinajstić information content (AvgIpc) is 2.95. The molecule has 42 heavy (non-hydrogen) atoms. The molecule has 12 heteroatoms. The zero-order chi connectivity index (χ0) is 30.6. The van der Waals surface area contributed by atoms with Crippen molar-refractivity contribution >= 4 is 70.8 Å². The smallest absolute Gasteiger partial charge is 0.335 e. The second-order valence-corrected chi connectivity index (χ2v) is 10.6. The van der Waals surface area contributed by atoms with Crippen molar-refractivity contribution in [3.8, 4) is 11.5 Å². The van der Waals surface area contributed by atoms with Gasteiger partial charge >= 0.3 is 11.9 Å². The third kappa shape index (κ3) is 7.21. The first-order valence-electron chi connectivity index (χ1n) is 12.0. The quantitative estimate of drug-likeness (QED) is 0.136. The molecule has 4 aromatic carbocycles. The number of carboxylic acids is 2. The number of phenols is 2. The lowest BCUT2D eigenvalue weighted by Crippen LogP contribution is -2.10. The van der Waals surface area contributed by atoms with E-state index in [9.17, 15) is 30.0 Å². The van der Waals surface area contributed by atoms with Crippen molar-refractivity contribution in [2.75, 3.05) is 0 Å². The largest absolute Gasteiger partial charge is 0.506 e. The second-order valence-electron chi connectivity index (χ2n) is 8.95. The molecule has 4 N–H and O–H groups in total. The Hall–Kier alpha value is -4.08. The van der Waals surface area contributed by atoms with Crippen LogP contribution in [0.1, 0.15) is 55.1 Å². The molecular weight excluding hydrogens is 626 g/mol. The topological polar surface area (TPSA) is 140 Å². The highest BCUT2D eigenvalue weighted by atomic mass is 35.5. The molecule has 214 valence electrons. The van der Waals surface area contributed by atoms with E-state index >= 15 is 0 Å². The molecular formula is C30H20Cl4N2O6. The standard InChI is InChI=1S/C30H20Cl4N2O6/c31-21-9-19(27(37)23(33)11-21)13-35-25(15-1-5-17(6-2-15)29(39)40)26(16-3-7-18(8-4-16)30(41)42)36-14-20-10-22(32)12-24(34)28(20)38/h1-14,25-26,37-38H,(H,39,40)(H,41,42)/t25-,26-/m0/s1. The summed E-state index contributed by atoms with van der Waals surface area (Å²) >= 11 is 24.4. The van der Waals surface area contributed by atoms with Crippen LogP contribution in [0.25, 0.3) is 0 Å². The predicted octanol–water partition coefficient (Wildman–Crippen LogP) is 8.13. The third-order valence-corrected chi connectivity index (χ3v) is 7.17. The van der Waals surface area contributed by atoms with Gasteiger partial charge in [0.2, 0.25) is 0 Å². The van der Waals surface area contributed by atoms with Gasteiger partial charge in [-0.3, -0.25) is 9.98 Å². The number of nitrogens with zero attached hydrogens (tertiary/aromatic N) is 2. The van der Waals surface area contributed by atoms with E-state index in [0.29, 0.717) is 11.1 Å². The molecule has 8 nitrogen and oxygen atoms in total. The predicted molar refractivity (Wildman–Crippen MR) is 164 cm³/mol. The molecule has 0 aliphatic heterocycles. The fraction of sp³-hybridized carbons (Fsp3) is 0.0667. The zero-order valence-corrected chi connectivity index (χ0v) is 24.3. The lowest BCUT2D eigenvalue weighted by molar-refractivity contribution is 0.0686. The number of aromatic hydroxyl groups is 2. The lowest BCUT2D eigenvalue weighted by atomic mass is 9.92. The van der Waals surface area contributed by atoms with Crippen molar-refractivity contribution in [1.82, 2.24) is 0 Å². The summed E-state index contributed by atoms with van der Waals surface area (Å²) in [5, 5.41) is 40.3. The Morgan fingerprint density at radius 2 is 0.929 bits per heavy atom. The second kappa shape index (κ2) is 13.3. The number of hydrogen-bond donors (Lipinski definition) is 4. The first-order chi connectivity index (χ1) is 19.9. The van der Waals surface area contributed by atoms with Crippen molar-refractivity contribution in [1.29, 1.82) is 0 Å². The van der Waals surface area contributed by atoms with Gasteiger partial charge in [-0.05, 0) is 59.7 Å². The van der Waals surface area contributed by atoms with E-state index in [1.54, 1.807) is 24.3 Å². The highest BCUT2D eigenvalue weighted by Crippen LogP contribution is 2.38. The molecule has 4 rings (SSSR count). The van der Waals surface area contributed by atoms with Crippen LogP contribution in [-0.2, 0) is 0 Å². The third-order valence-electron chi connectivity index (χ3n) is 6.16. The van der Waals surface area contributed by atoms with Crippen LogP contribution in [0.5, 0.6) is 11.5 Å². The fourth-order valence-electron chi connectivity index (χ4n) is 4.04. The van der Waals surface area contributed by atoms with E-state index in [0.717, 1.165) is 0 Å². The van der Waals surface area contributed by atoms with Crippen LogP contribution >= 0.6 is 46.4 Å². The molecule has 0 aliphatic rings. The molecule has 0 aliphatic carbocycles. The van der Waals surface area contributed by atoms with Gasteiger partial charge in [-0.15, -0.1) is 0 Å². The molecule has 0 saturated heterocycles. The number of rotatable bonds is 9. The molecule has 0 heterocycles.